The van der Waals surface area contributed by atoms with E-state index in [0.29, 0.717) is 49.0 Å². The minimum absolute atomic E-state index is 0.190. The summed E-state index contributed by atoms with van der Waals surface area (Å²) in [5, 5.41) is 1.59. The van der Waals surface area contributed by atoms with Crippen molar-refractivity contribution in [3.05, 3.63) is 322 Å². The van der Waals surface area contributed by atoms with E-state index in [0.717, 1.165) is 89.4 Å². The van der Waals surface area contributed by atoms with Gasteiger partial charge in [-0.25, -0.2) is 43.7 Å². The van der Waals surface area contributed by atoms with Gasteiger partial charge in [0, 0.05) is 95.8 Å². The van der Waals surface area contributed by atoms with Crippen molar-refractivity contribution >= 4 is 73.1 Å². The van der Waals surface area contributed by atoms with Crippen LogP contribution in [0.15, 0.2) is 284 Å². The predicted octanol–water partition coefficient (Wildman–Crippen LogP) is 6.72. The number of benzene rings is 4. The summed E-state index contributed by atoms with van der Waals surface area (Å²) in [5.74, 6) is 0. The summed E-state index contributed by atoms with van der Waals surface area (Å²) in [6.45, 7) is 1.39. The first-order chi connectivity index (χ1) is 44.6. The van der Waals surface area contributed by atoms with Gasteiger partial charge in [-0.3, -0.25) is 0 Å². The summed E-state index contributed by atoms with van der Waals surface area (Å²) in [6.07, 6.45) is 20.9. The third kappa shape index (κ3) is 11.9. The van der Waals surface area contributed by atoms with Gasteiger partial charge in [0.1, 0.15) is 6.67 Å². The SMILES string of the molecule is CS(=O)(=O)c1cccc(C[n+]2ccccc2C2=C3C=CC(=N3)C(c3cccc[n+]3Cc3cccc(S(C)(=O)=O)c3)=c3ccc4n3Cn3c2ccc3C(c2cccc[n+]2Cc2cccc(S(C)(=O)=O)c2)=C2C=CC(=N2)C=4c2cccc[n+]2Cc2cccc(S(C)(=O)=O)c2)c1. The Bertz CT molecular complexity index is 5330. The lowest BCUT2D eigenvalue weighted by molar-refractivity contribution is -0.690. The van der Waals surface area contributed by atoms with Crippen LogP contribution >= 0.6 is 0 Å². The van der Waals surface area contributed by atoms with E-state index in [4.69, 9.17) is 9.98 Å². The van der Waals surface area contributed by atoms with Crippen molar-refractivity contribution in [3.8, 4) is 0 Å². The summed E-state index contributed by atoms with van der Waals surface area (Å²) in [4.78, 5) is 12.3. The topological polar surface area (TPSA) is 187 Å². The maximum Gasteiger partial charge on any atom is 0.217 e. The van der Waals surface area contributed by atoms with E-state index in [1.807, 2.05) is 122 Å². The van der Waals surface area contributed by atoms with Crippen molar-refractivity contribution in [2.75, 3.05) is 25.0 Å². The minimum Gasteiger partial charge on any atom is -0.321 e. The third-order valence-corrected chi connectivity index (χ3v) is 21.5. The lowest BCUT2D eigenvalue weighted by atomic mass is 10.0. The maximum atomic E-state index is 13.0. The standard InChI is InChI=1S/C73H62N8O8S4/c1-90(82,83)54-21-13-17-50(41-54)45-76-37-9-5-25-62(76)70-58-29-30-59(74-58)71(63-26-6-10-38-77(63)46-51-18-14-22-55(42-51)91(2,84)85)68-35-36-69-73(65-28-8-12-40-79(65)48-53-20-16-24-57(44-53)93(4,88)89)61-32-31-60(75-61)72(67-34-33-66(70)80(67)49-81(68)69)64-27-7-11-39-78(64)47-52-19-15-23-56(43-52)92(3,86)87/h5-44H,45-49H2,1-4H3/q+4. The Kier molecular flexibility index (Phi) is 15.3. The zero-order valence-electron chi connectivity index (χ0n) is 51.1. The molecule has 0 unspecified atom stereocenters. The Morgan fingerprint density at radius 3 is 0.935 bits per heavy atom. The molecule has 10 aromatic rings. The molecule has 0 N–H and O–H groups in total. The van der Waals surface area contributed by atoms with E-state index >= 15 is 0 Å². The van der Waals surface area contributed by atoms with E-state index in [1.165, 1.54) is 25.0 Å². The number of fused-ring (bicyclic) bond motifs is 2. The molecular weight excluding hydrogens is 1250 g/mol. The number of pyridine rings is 4. The Morgan fingerprint density at radius 1 is 0.333 bits per heavy atom. The summed E-state index contributed by atoms with van der Waals surface area (Å²) >= 11 is 0. The number of nitrogens with zero attached hydrogens (tertiary/aromatic N) is 8. The first-order valence-corrected chi connectivity index (χ1v) is 37.5. The lowest BCUT2D eigenvalue weighted by Gasteiger charge is -2.21. The monoisotopic (exact) mass is 1310 g/mol. The van der Waals surface area contributed by atoms with Gasteiger partial charge in [-0.2, -0.15) is 18.3 Å². The second kappa shape index (κ2) is 23.5. The molecular formula is C73H62N8O8S4+4. The molecule has 0 atom stereocenters. The first-order valence-electron chi connectivity index (χ1n) is 29.9. The van der Waals surface area contributed by atoms with Crippen LogP contribution in [0.1, 0.15) is 56.4 Å². The van der Waals surface area contributed by atoms with E-state index in [-0.39, 0.29) is 26.3 Å². The summed E-state index contributed by atoms with van der Waals surface area (Å²) in [5.41, 5.74) is 13.5. The minimum atomic E-state index is -3.54. The van der Waals surface area contributed by atoms with Gasteiger partial charge in [-0.05, 0) is 121 Å². The lowest BCUT2D eigenvalue weighted by Crippen LogP contribution is -2.44. The van der Waals surface area contributed by atoms with E-state index < -0.39 is 39.3 Å². The second-order valence-electron chi connectivity index (χ2n) is 23.7. The molecule has 0 saturated carbocycles. The molecule has 20 heteroatoms. The fourth-order valence-corrected chi connectivity index (χ4v) is 15.5. The van der Waals surface area contributed by atoms with Crippen LogP contribution in [-0.2, 0) is 72.2 Å². The Morgan fingerprint density at radius 2 is 0.634 bits per heavy atom. The van der Waals surface area contributed by atoms with E-state index in [1.54, 1.807) is 72.8 Å². The summed E-state index contributed by atoms with van der Waals surface area (Å²) in [6, 6.07) is 60.5. The molecule has 4 aliphatic heterocycles. The number of hydrogen-bond donors (Lipinski definition) is 0. The van der Waals surface area contributed by atoms with Crippen LogP contribution in [0.4, 0.5) is 0 Å². The van der Waals surface area contributed by atoms with Crippen LogP contribution in [0, 0.1) is 0 Å². The molecule has 0 fully saturated rings. The molecule has 16 nitrogen and oxygen atoms in total. The van der Waals surface area contributed by atoms with Gasteiger partial charge in [0.25, 0.3) is 0 Å². The van der Waals surface area contributed by atoms with Gasteiger partial charge in [0.05, 0.1) is 86.8 Å². The summed E-state index contributed by atoms with van der Waals surface area (Å²) in [7, 11) is -14.2. The fraction of sp³-hybridized carbons (Fsp3) is 0.123. The number of aliphatic imine (C=N–C) groups is 2. The van der Waals surface area contributed by atoms with Crippen molar-refractivity contribution in [2.45, 2.75) is 52.4 Å². The van der Waals surface area contributed by atoms with Crippen molar-refractivity contribution < 1.29 is 51.9 Å². The van der Waals surface area contributed by atoms with Crippen molar-refractivity contribution in [1.29, 1.82) is 0 Å². The molecule has 0 saturated heterocycles. The molecule has 4 aromatic carbocycles. The van der Waals surface area contributed by atoms with Crippen LogP contribution < -0.4 is 29.0 Å². The van der Waals surface area contributed by atoms with Crippen molar-refractivity contribution in [3.63, 3.8) is 0 Å². The highest BCUT2D eigenvalue weighted by Gasteiger charge is 2.36. The van der Waals surface area contributed by atoms with Crippen molar-refractivity contribution in [2.24, 2.45) is 9.98 Å². The second-order valence-corrected chi connectivity index (χ2v) is 31.7. The van der Waals surface area contributed by atoms with Crippen LogP contribution in [0.3, 0.4) is 0 Å². The highest BCUT2D eigenvalue weighted by Crippen LogP contribution is 2.38. The molecule has 14 rings (SSSR count). The third-order valence-electron chi connectivity index (χ3n) is 17.1. The molecule has 6 bridgehead atoms. The van der Waals surface area contributed by atoms with Crippen LogP contribution in [-0.4, -0.2) is 79.3 Å². The highest BCUT2D eigenvalue weighted by molar-refractivity contribution is 7.91. The van der Waals surface area contributed by atoms with Crippen LogP contribution in [0.2, 0.25) is 0 Å². The van der Waals surface area contributed by atoms with Gasteiger partial charge < -0.3 is 9.13 Å². The number of aromatic nitrogens is 6. The smallest absolute Gasteiger partial charge is 0.217 e. The molecule has 0 spiro atoms. The van der Waals surface area contributed by atoms with Gasteiger partial charge >= 0.3 is 0 Å². The molecule has 6 aromatic heterocycles. The van der Waals surface area contributed by atoms with Gasteiger partial charge in [-0.1, -0.05) is 48.5 Å². The zero-order chi connectivity index (χ0) is 64.6. The molecule has 4 aliphatic rings. The average molecular weight is 1310 g/mol. The molecule has 0 aliphatic carbocycles. The average Bonchev–Trinajstić information content (AvgIpc) is 1.58. The molecule has 0 amide bonds. The van der Waals surface area contributed by atoms with Crippen molar-refractivity contribution in [1.82, 2.24) is 9.13 Å². The first kappa shape index (κ1) is 60.4. The Hall–Kier alpha value is -10.1. The van der Waals surface area contributed by atoms with E-state index in [9.17, 15) is 33.7 Å². The van der Waals surface area contributed by atoms with Gasteiger partial charge in [0.15, 0.2) is 90.3 Å². The van der Waals surface area contributed by atoms with E-state index in [2.05, 4.69) is 75.9 Å². The fourth-order valence-electron chi connectivity index (χ4n) is 12.8. The van der Waals surface area contributed by atoms with Gasteiger partial charge in [0.2, 0.25) is 22.8 Å². The molecule has 462 valence electrons. The number of sulfone groups is 4. The Labute approximate surface area is 539 Å². The molecule has 0 radical (unpaired) electrons. The highest BCUT2D eigenvalue weighted by atomic mass is 32.2. The van der Waals surface area contributed by atoms with Crippen LogP contribution in [0.5, 0.6) is 0 Å². The predicted molar refractivity (Wildman–Crippen MR) is 355 cm³/mol. The van der Waals surface area contributed by atoms with Crippen LogP contribution in [0.25, 0.3) is 22.3 Å². The van der Waals surface area contributed by atoms with Gasteiger partial charge in [-0.15, -0.1) is 0 Å². The molecule has 93 heavy (non-hydrogen) atoms. The summed E-state index contributed by atoms with van der Waals surface area (Å²) < 4.78 is 117. The maximum absolute atomic E-state index is 13.0. The zero-order valence-corrected chi connectivity index (χ0v) is 54.4. The largest absolute Gasteiger partial charge is 0.321 e. The number of allylic oxidation sites excluding steroid dienone is 4. The quantitative estimate of drug-likeness (QED) is 0.0955. The molecule has 10 heterocycles. The normalized spacial score (nSPS) is 14.6. The number of rotatable bonds is 16. The Balaban J connectivity index is 1.09. The number of hydrogen-bond acceptors (Lipinski definition) is 10.